The standard InChI is InChI=1S/C42H53N3O7/c1-42(2,3)52-41(47)44-19-17-36(30-11-9-12-33(23-30)51-28-29-21-34(49-5)24-35(22-29)50-6)38(27-44)40(46)45(32-15-16-32)26-31-25-43(18-10-20-48-4)39-14-8-7-13-37(31)39/h7-9,11-14,21-25,32,36,38H,10,15-20,26-28H2,1-6H3/t36-,38?/m1/s1. The normalized spacial score (nSPS) is 17.5. The predicted octanol–water partition coefficient (Wildman–Crippen LogP) is 7.81. The molecule has 1 aliphatic heterocycles. The maximum absolute atomic E-state index is 15.0. The fourth-order valence-corrected chi connectivity index (χ4v) is 7.23. The molecule has 1 saturated carbocycles. The lowest BCUT2D eigenvalue weighted by atomic mass is 9.79. The van der Waals surface area contributed by atoms with Crippen molar-refractivity contribution in [2.24, 2.45) is 5.92 Å². The molecule has 0 bridgehead atoms. The third-order valence-corrected chi connectivity index (χ3v) is 9.91. The number of amides is 2. The van der Waals surface area contributed by atoms with E-state index in [0.29, 0.717) is 50.0 Å². The Bertz CT molecular complexity index is 1820. The van der Waals surface area contributed by atoms with Crippen LogP contribution in [0.5, 0.6) is 17.2 Å². The van der Waals surface area contributed by atoms with Crippen molar-refractivity contribution in [2.75, 3.05) is 41.0 Å². The molecule has 2 atom stereocenters. The average molecular weight is 712 g/mol. The van der Waals surface area contributed by atoms with Gasteiger partial charge in [-0.1, -0.05) is 30.3 Å². The van der Waals surface area contributed by atoms with E-state index in [2.05, 4.69) is 46.0 Å². The van der Waals surface area contributed by atoms with Crippen molar-refractivity contribution >= 4 is 22.9 Å². The van der Waals surface area contributed by atoms with E-state index in [1.54, 1.807) is 26.2 Å². The summed E-state index contributed by atoms with van der Waals surface area (Å²) in [5, 5.41) is 1.16. The number of hydrogen-bond donors (Lipinski definition) is 0. The first-order valence-corrected chi connectivity index (χ1v) is 18.4. The number of piperidine rings is 1. The summed E-state index contributed by atoms with van der Waals surface area (Å²) in [5.41, 5.74) is 3.60. The largest absolute Gasteiger partial charge is 0.497 e. The Morgan fingerprint density at radius 3 is 2.33 bits per heavy atom. The van der Waals surface area contributed by atoms with Gasteiger partial charge in [0.15, 0.2) is 0 Å². The number of para-hydroxylation sites is 1. The fourth-order valence-electron chi connectivity index (χ4n) is 7.23. The highest BCUT2D eigenvalue weighted by Crippen LogP contribution is 2.40. The summed E-state index contributed by atoms with van der Waals surface area (Å²) < 4.78 is 30.6. The van der Waals surface area contributed by atoms with Gasteiger partial charge in [-0.05, 0) is 99.4 Å². The Morgan fingerprint density at radius 1 is 0.885 bits per heavy atom. The average Bonchev–Trinajstić information content (AvgIpc) is 3.93. The van der Waals surface area contributed by atoms with Gasteiger partial charge in [0.2, 0.25) is 5.91 Å². The Labute approximate surface area is 307 Å². The summed E-state index contributed by atoms with van der Waals surface area (Å²) in [6.07, 6.45) is 5.30. The van der Waals surface area contributed by atoms with E-state index in [0.717, 1.165) is 53.4 Å². The molecule has 1 saturated heterocycles. The molecule has 278 valence electrons. The zero-order chi connectivity index (χ0) is 36.8. The zero-order valence-corrected chi connectivity index (χ0v) is 31.4. The number of nitrogens with zero attached hydrogens (tertiary/aromatic N) is 3. The minimum absolute atomic E-state index is 0.0757. The van der Waals surface area contributed by atoms with E-state index >= 15 is 0 Å². The number of hydrogen-bond acceptors (Lipinski definition) is 7. The highest BCUT2D eigenvalue weighted by Gasteiger charge is 2.43. The molecule has 2 fully saturated rings. The number of likely N-dealkylation sites (tertiary alicyclic amines) is 1. The Morgan fingerprint density at radius 2 is 1.63 bits per heavy atom. The van der Waals surface area contributed by atoms with Crippen molar-refractivity contribution in [3.8, 4) is 17.2 Å². The smallest absolute Gasteiger partial charge is 0.410 e. The van der Waals surface area contributed by atoms with Crippen molar-refractivity contribution in [3.05, 3.63) is 89.6 Å². The van der Waals surface area contributed by atoms with Crippen molar-refractivity contribution in [2.45, 2.75) is 83.7 Å². The molecular formula is C42H53N3O7. The van der Waals surface area contributed by atoms with Crippen LogP contribution in [-0.4, -0.2) is 79.0 Å². The van der Waals surface area contributed by atoms with Gasteiger partial charge in [-0.25, -0.2) is 4.79 Å². The molecule has 3 aromatic carbocycles. The van der Waals surface area contributed by atoms with Gasteiger partial charge >= 0.3 is 6.09 Å². The van der Waals surface area contributed by atoms with E-state index in [4.69, 9.17) is 23.7 Å². The highest BCUT2D eigenvalue weighted by molar-refractivity contribution is 5.86. The third-order valence-electron chi connectivity index (χ3n) is 9.91. The minimum atomic E-state index is -0.636. The number of fused-ring (bicyclic) bond motifs is 1. The first-order valence-electron chi connectivity index (χ1n) is 18.4. The number of aromatic nitrogens is 1. The van der Waals surface area contributed by atoms with Gasteiger partial charge < -0.3 is 38.1 Å². The van der Waals surface area contributed by atoms with Gasteiger partial charge in [-0.3, -0.25) is 4.79 Å². The molecule has 1 aromatic heterocycles. The lowest BCUT2D eigenvalue weighted by Gasteiger charge is -2.40. The number of ether oxygens (including phenoxy) is 5. The first-order chi connectivity index (χ1) is 25.1. The van der Waals surface area contributed by atoms with E-state index in [-0.39, 0.29) is 30.5 Å². The van der Waals surface area contributed by atoms with Crippen LogP contribution in [-0.2, 0) is 34.0 Å². The summed E-state index contributed by atoms with van der Waals surface area (Å²) in [4.78, 5) is 32.1. The van der Waals surface area contributed by atoms with Crippen LogP contribution in [0.2, 0.25) is 0 Å². The highest BCUT2D eigenvalue weighted by atomic mass is 16.6. The van der Waals surface area contributed by atoms with E-state index in [1.165, 1.54) is 0 Å². The Balaban J connectivity index is 1.27. The number of aryl methyl sites for hydroxylation is 1. The van der Waals surface area contributed by atoms with Gasteiger partial charge in [0.1, 0.15) is 29.5 Å². The van der Waals surface area contributed by atoms with Gasteiger partial charge in [0.25, 0.3) is 0 Å². The Hall–Kier alpha value is -4.70. The first kappa shape index (κ1) is 37.1. The van der Waals surface area contributed by atoms with Crippen LogP contribution in [0, 0.1) is 5.92 Å². The molecular weight excluding hydrogens is 658 g/mol. The summed E-state index contributed by atoms with van der Waals surface area (Å²) in [7, 11) is 4.98. The van der Waals surface area contributed by atoms with Crippen LogP contribution in [0.1, 0.15) is 69.1 Å². The molecule has 1 aliphatic carbocycles. The van der Waals surface area contributed by atoms with Crippen LogP contribution in [0.3, 0.4) is 0 Å². The summed E-state index contributed by atoms with van der Waals surface area (Å²) in [6.45, 7) is 8.76. The quantitative estimate of drug-likeness (QED) is 0.123. The SMILES string of the molecule is COCCCn1cc(CN(C(=O)C2CN(C(=O)OC(C)(C)C)CC[C@@H]2c2cccc(OCc3cc(OC)cc(OC)c3)c2)C2CC2)c2ccccc21. The van der Waals surface area contributed by atoms with E-state index in [9.17, 15) is 9.59 Å². The van der Waals surface area contributed by atoms with Crippen LogP contribution in [0.4, 0.5) is 4.79 Å². The number of carbonyl (C=O) groups is 2. The number of rotatable bonds is 14. The second-order valence-electron chi connectivity index (χ2n) is 14.9. The molecule has 0 spiro atoms. The minimum Gasteiger partial charge on any atom is -0.497 e. The van der Waals surface area contributed by atoms with Crippen molar-refractivity contribution in [3.63, 3.8) is 0 Å². The molecule has 2 amide bonds. The van der Waals surface area contributed by atoms with E-state index < -0.39 is 11.5 Å². The molecule has 2 heterocycles. The third kappa shape index (κ3) is 9.02. The van der Waals surface area contributed by atoms with Gasteiger partial charge in [-0.15, -0.1) is 0 Å². The van der Waals surface area contributed by atoms with Crippen molar-refractivity contribution < 1.29 is 33.3 Å². The molecule has 6 rings (SSSR count). The molecule has 0 radical (unpaired) electrons. The molecule has 4 aromatic rings. The summed E-state index contributed by atoms with van der Waals surface area (Å²) in [6, 6.07) is 22.3. The summed E-state index contributed by atoms with van der Waals surface area (Å²) >= 11 is 0. The number of methoxy groups -OCH3 is 3. The Kier molecular flexibility index (Phi) is 11.6. The molecule has 2 aliphatic rings. The fraction of sp³-hybridized carbons (Fsp3) is 0.476. The topological polar surface area (TPSA) is 91.7 Å². The molecule has 10 heteroatoms. The second-order valence-corrected chi connectivity index (χ2v) is 14.9. The molecule has 10 nitrogen and oxygen atoms in total. The maximum Gasteiger partial charge on any atom is 0.410 e. The van der Waals surface area contributed by atoms with Crippen molar-refractivity contribution in [1.82, 2.24) is 14.4 Å². The lowest BCUT2D eigenvalue weighted by molar-refractivity contribution is -0.139. The zero-order valence-electron chi connectivity index (χ0n) is 31.4. The number of benzene rings is 3. The maximum atomic E-state index is 15.0. The van der Waals surface area contributed by atoms with Crippen LogP contribution in [0.15, 0.2) is 72.9 Å². The van der Waals surface area contributed by atoms with Crippen LogP contribution >= 0.6 is 0 Å². The lowest BCUT2D eigenvalue weighted by Crippen LogP contribution is -2.51. The molecule has 1 unspecified atom stereocenters. The van der Waals surface area contributed by atoms with Gasteiger partial charge in [0.05, 0.1) is 20.1 Å². The van der Waals surface area contributed by atoms with Gasteiger partial charge in [0, 0.05) is 69.1 Å². The van der Waals surface area contributed by atoms with Crippen LogP contribution < -0.4 is 14.2 Å². The second kappa shape index (κ2) is 16.3. The van der Waals surface area contributed by atoms with E-state index in [1.807, 2.05) is 57.2 Å². The van der Waals surface area contributed by atoms with Crippen molar-refractivity contribution in [1.29, 1.82) is 0 Å². The monoisotopic (exact) mass is 711 g/mol. The number of carbonyl (C=O) groups excluding carboxylic acids is 2. The summed E-state index contributed by atoms with van der Waals surface area (Å²) in [5.74, 6) is 1.62. The molecule has 52 heavy (non-hydrogen) atoms. The predicted molar refractivity (Wildman–Crippen MR) is 201 cm³/mol. The van der Waals surface area contributed by atoms with Crippen LogP contribution in [0.25, 0.3) is 10.9 Å². The molecule has 0 N–H and O–H groups in total. The van der Waals surface area contributed by atoms with Gasteiger partial charge in [-0.2, -0.15) is 0 Å².